The van der Waals surface area contributed by atoms with E-state index in [9.17, 15) is 9.59 Å². The Morgan fingerprint density at radius 1 is 1.11 bits per heavy atom. The van der Waals surface area contributed by atoms with E-state index in [1.807, 2.05) is 44.2 Å². The Labute approximate surface area is 166 Å². The van der Waals surface area contributed by atoms with Gasteiger partial charge in [-0.05, 0) is 61.9 Å². The predicted molar refractivity (Wildman–Crippen MR) is 111 cm³/mol. The number of carbonyl (C=O) groups is 2. The molecular formula is C23H28N2O3. The molecule has 1 N–H and O–H groups in total. The summed E-state index contributed by atoms with van der Waals surface area (Å²) in [5.41, 5.74) is 4.33. The van der Waals surface area contributed by atoms with Gasteiger partial charge < -0.3 is 15.0 Å². The summed E-state index contributed by atoms with van der Waals surface area (Å²) in [7, 11) is 0. The first-order valence-electron chi connectivity index (χ1n) is 9.83. The molecule has 0 aliphatic carbocycles. The van der Waals surface area contributed by atoms with Crippen molar-refractivity contribution in [2.75, 3.05) is 25.0 Å². The molecule has 2 aromatic rings. The van der Waals surface area contributed by atoms with Crippen molar-refractivity contribution in [3.63, 3.8) is 0 Å². The summed E-state index contributed by atoms with van der Waals surface area (Å²) < 4.78 is 5.34. The second kappa shape index (κ2) is 8.91. The first kappa shape index (κ1) is 19.9. The van der Waals surface area contributed by atoms with E-state index in [0.717, 1.165) is 37.2 Å². The van der Waals surface area contributed by atoms with Crippen LogP contribution < -0.4 is 5.32 Å². The van der Waals surface area contributed by atoms with Gasteiger partial charge in [-0.25, -0.2) is 4.79 Å². The van der Waals surface area contributed by atoms with Crippen LogP contribution in [0, 0.1) is 19.8 Å². The zero-order chi connectivity index (χ0) is 20.1. The van der Waals surface area contributed by atoms with Gasteiger partial charge in [-0.15, -0.1) is 0 Å². The van der Waals surface area contributed by atoms with E-state index in [-0.39, 0.29) is 12.5 Å². The Hall–Kier alpha value is -2.82. The number of hydrogen-bond acceptors (Lipinski definition) is 4. The highest BCUT2D eigenvalue weighted by molar-refractivity contribution is 5.97. The molecule has 0 aromatic heterocycles. The Morgan fingerprint density at radius 3 is 2.64 bits per heavy atom. The van der Waals surface area contributed by atoms with Crippen LogP contribution in [0.4, 0.5) is 11.4 Å². The van der Waals surface area contributed by atoms with Crippen LogP contribution in [-0.2, 0) is 9.53 Å². The molecular weight excluding hydrogens is 352 g/mol. The number of nitrogens with one attached hydrogen (secondary N) is 1. The molecule has 0 radical (unpaired) electrons. The zero-order valence-corrected chi connectivity index (χ0v) is 16.8. The standard InChI is InChI=1S/C23H28N2O3/c1-16-8-7-13-25(14-16)22(26)15-28-23(27)19-10-4-5-11-21(19)24-20-12-6-9-17(2)18(20)3/h4-6,9-12,16,24H,7-8,13-15H2,1-3H3/t16-/m0/s1. The maximum atomic E-state index is 12.6. The molecule has 1 amide bonds. The van der Waals surface area contributed by atoms with Crippen LogP contribution in [0.2, 0.25) is 0 Å². The lowest BCUT2D eigenvalue weighted by Gasteiger charge is -2.30. The molecule has 1 fully saturated rings. The molecule has 1 aliphatic rings. The molecule has 2 aromatic carbocycles. The zero-order valence-electron chi connectivity index (χ0n) is 16.8. The van der Waals surface area contributed by atoms with Crippen molar-refractivity contribution in [3.8, 4) is 0 Å². The molecule has 0 unspecified atom stereocenters. The number of ether oxygens (including phenoxy) is 1. The molecule has 5 heteroatoms. The highest BCUT2D eigenvalue weighted by Gasteiger charge is 2.22. The third-order valence-corrected chi connectivity index (χ3v) is 5.36. The number of amides is 1. The quantitative estimate of drug-likeness (QED) is 0.778. The topological polar surface area (TPSA) is 58.6 Å². The molecule has 3 rings (SSSR count). The number of nitrogens with zero attached hydrogens (tertiary/aromatic N) is 1. The van der Waals surface area contributed by atoms with Gasteiger partial charge in [-0.2, -0.15) is 0 Å². The molecule has 0 saturated carbocycles. The number of anilines is 2. The number of benzene rings is 2. The van der Waals surface area contributed by atoms with Crippen molar-refractivity contribution in [1.82, 2.24) is 4.90 Å². The fraction of sp³-hybridized carbons (Fsp3) is 0.391. The van der Waals surface area contributed by atoms with Crippen molar-refractivity contribution in [2.45, 2.75) is 33.6 Å². The second-order valence-electron chi connectivity index (χ2n) is 7.58. The molecule has 1 heterocycles. The first-order chi connectivity index (χ1) is 13.5. The maximum Gasteiger partial charge on any atom is 0.340 e. The first-order valence-corrected chi connectivity index (χ1v) is 9.83. The van der Waals surface area contributed by atoms with Gasteiger partial charge in [0.15, 0.2) is 6.61 Å². The van der Waals surface area contributed by atoms with E-state index >= 15 is 0 Å². The van der Waals surface area contributed by atoms with Crippen LogP contribution in [0.3, 0.4) is 0 Å². The van der Waals surface area contributed by atoms with Crippen LogP contribution in [0.15, 0.2) is 42.5 Å². The summed E-state index contributed by atoms with van der Waals surface area (Å²) in [4.78, 5) is 26.8. The lowest BCUT2D eigenvalue weighted by Crippen LogP contribution is -2.41. The van der Waals surface area contributed by atoms with Crippen molar-refractivity contribution in [3.05, 3.63) is 59.2 Å². The molecule has 1 atom stereocenters. The van der Waals surface area contributed by atoms with Crippen molar-refractivity contribution >= 4 is 23.3 Å². The fourth-order valence-corrected chi connectivity index (χ4v) is 3.51. The van der Waals surface area contributed by atoms with Crippen LogP contribution in [0.5, 0.6) is 0 Å². The van der Waals surface area contributed by atoms with Gasteiger partial charge in [0.25, 0.3) is 5.91 Å². The van der Waals surface area contributed by atoms with Crippen LogP contribution in [0.1, 0.15) is 41.3 Å². The normalized spacial score (nSPS) is 16.5. The molecule has 28 heavy (non-hydrogen) atoms. The number of carbonyl (C=O) groups excluding carboxylic acids is 2. The second-order valence-corrected chi connectivity index (χ2v) is 7.58. The lowest BCUT2D eigenvalue weighted by atomic mass is 10.0. The van der Waals surface area contributed by atoms with Gasteiger partial charge in [-0.1, -0.05) is 31.2 Å². The number of esters is 1. The number of para-hydroxylation sites is 1. The van der Waals surface area contributed by atoms with Gasteiger partial charge in [0, 0.05) is 18.8 Å². The van der Waals surface area contributed by atoms with E-state index in [1.54, 1.807) is 17.0 Å². The fourth-order valence-electron chi connectivity index (χ4n) is 3.51. The monoisotopic (exact) mass is 380 g/mol. The minimum absolute atomic E-state index is 0.125. The van der Waals surface area contributed by atoms with Crippen molar-refractivity contribution < 1.29 is 14.3 Å². The Morgan fingerprint density at radius 2 is 1.86 bits per heavy atom. The van der Waals surface area contributed by atoms with E-state index in [0.29, 0.717) is 17.2 Å². The number of piperidine rings is 1. The van der Waals surface area contributed by atoms with E-state index in [1.165, 1.54) is 5.56 Å². The maximum absolute atomic E-state index is 12.6. The van der Waals surface area contributed by atoms with Gasteiger partial charge in [0.2, 0.25) is 0 Å². The highest BCUT2D eigenvalue weighted by atomic mass is 16.5. The molecule has 5 nitrogen and oxygen atoms in total. The number of aryl methyl sites for hydroxylation is 1. The summed E-state index contributed by atoms with van der Waals surface area (Å²) >= 11 is 0. The van der Waals surface area contributed by atoms with E-state index < -0.39 is 5.97 Å². The molecule has 1 saturated heterocycles. The number of hydrogen-bond donors (Lipinski definition) is 1. The van der Waals surface area contributed by atoms with Crippen LogP contribution in [-0.4, -0.2) is 36.5 Å². The Balaban J connectivity index is 1.67. The van der Waals surface area contributed by atoms with Crippen molar-refractivity contribution in [1.29, 1.82) is 0 Å². The average molecular weight is 380 g/mol. The third kappa shape index (κ3) is 4.71. The largest absolute Gasteiger partial charge is 0.452 e. The summed E-state index contributed by atoms with van der Waals surface area (Å²) in [6.07, 6.45) is 2.14. The SMILES string of the molecule is Cc1cccc(Nc2ccccc2C(=O)OCC(=O)N2CCC[C@H](C)C2)c1C. The van der Waals surface area contributed by atoms with Crippen LogP contribution in [0.25, 0.3) is 0 Å². The molecule has 148 valence electrons. The number of rotatable bonds is 5. The Bertz CT molecular complexity index is 863. The van der Waals surface area contributed by atoms with E-state index in [4.69, 9.17) is 4.74 Å². The summed E-state index contributed by atoms with van der Waals surface area (Å²) in [5.74, 6) is -0.123. The predicted octanol–water partition coefficient (Wildman–Crippen LogP) is 4.46. The third-order valence-electron chi connectivity index (χ3n) is 5.36. The smallest absolute Gasteiger partial charge is 0.340 e. The summed E-state index contributed by atoms with van der Waals surface area (Å²) in [5, 5.41) is 3.32. The van der Waals surface area contributed by atoms with Crippen molar-refractivity contribution in [2.24, 2.45) is 5.92 Å². The van der Waals surface area contributed by atoms with Gasteiger partial charge in [-0.3, -0.25) is 4.79 Å². The average Bonchev–Trinajstić information content (AvgIpc) is 2.70. The minimum Gasteiger partial charge on any atom is -0.452 e. The molecule has 0 spiro atoms. The molecule has 0 bridgehead atoms. The minimum atomic E-state index is -0.494. The lowest BCUT2D eigenvalue weighted by molar-refractivity contribution is -0.136. The summed E-state index contributed by atoms with van der Waals surface area (Å²) in [6, 6.07) is 13.2. The number of likely N-dealkylation sites (tertiary alicyclic amines) is 1. The van der Waals surface area contributed by atoms with E-state index in [2.05, 4.69) is 12.2 Å². The van der Waals surface area contributed by atoms with Gasteiger partial charge in [0.05, 0.1) is 11.3 Å². The van der Waals surface area contributed by atoms with Gasteiger partial charge >= 0.3 is 5.97 Å². The van der Waals surface area contributed by atoms with Crippen LogP contribution >= 0.6 is 0 Å². The Kier molecular flexibility index (Phi) is 6.34. The molecule has 1 aliphatic heterocycles. The van der Waals surface area contributed by atoms with Gasteiger partial charge in [0.1, 0.15) is 0 Å². The highest BCUT2D eigenvalue weighted by Crippen LogP contribution is 2.25. The summed E-state index contributed by atoms with van der Waals surface area (Å²) in [6.45, 7) is 7.49.